The Balaban J connectivity index is 1.13. The van der Waals surface area contributed by atoms with E-state index in [1.807, 2.05) is 103 Å². The van der Waals surface area contributed by atoms with Crippen LogP contribution in [0.3, 0.4) is 0 Å². The highest BCUT2D eigenvalue weighted by Crippen LogP contribution is 2.73. The van der Waals surface area contributed by atoms with E-state index in [9.17, 15) is 5.41 Å². The fourth-order valence-corrected chi connectivity index (χ4v) is 11.7. The molecule has 10 aromatic rings. The minimum Gasteiger partial charge on any atom is -0.456 e. The quantitative estimate of drug-likeness (QED) is 0.130. The van der Waals surface area contributed by atoms with Crippen molar-refractivity contribution in [2.75, 3.05) is 0 Å². The number of rotatable bonds is 7. The van der Waals surface area contributed by atoms with Crippen LogP contribution in [-0.2, 0) is 0 Å². The van der Waals surface area contributed by atoms with Crippen LogP contribution in [0, 0.1) is 5.41 Å². The molecule has 0 radical (unpaired) electrons. The molecule has 1 N–H and O–H groups in total. The normalized spacial score (nSPS) is 12.6. The smallest absolute Gasteiger partial charge is 0.161 e. The summed E-state index contributed by atoms with van der Waals surface area (Å²) in [6, 6.07) is 68.4. The van der Waals surface area contributed by atoms with Crippen molar-refractivity contribution >= 4 is 71.8 Å². The van der Waals surface area contributed by atoms with E-state index in [0.717, 1.165) is 64.8 Å². The van der Waals surface area contributed by atoms with Gasteiger partial charge in [-0.2, -0.15) is 0 Å². The summed E-state index contributed by atoms with van der Waals surface area (Å²) in [6.45, 7) is 0. The Bertz CT molecular complexity index is 3110. The monoisotopic (exact) mass is 753 g/mol. The van der Waals surface area contributed by atoms with E-state index in [1.54, 1.807) is 0 Å². The molecule has 0 unspecified atom stereocenters. The zero-order chi connectivity index (χ0) is 38.2. The van der Waals surface area contributed by atoms with E-state index in [1.165, 1.54) is 9.79 Å². The topological polar surface area (TPSA) is 74.8 Å². The van der Waals surface area contributed by atoms with Crippen LogP contribution in [0.25, 0.3) is 43.9 Å². The van der Waals surface area contributed by atoms with Crippen LogP contribution in [0.1, 0.15) is 16.7 Å². The van der Waals surface area contributed by atoms with Crippen LogP contribution in [0.4, 0.5) is 0 Å². The molecule has 0 saturated heterocycles. The molecular formula is C51H35N3O2S. The van der Waals surface area contributed by atoms with Crippen LogP contribution in [-0.4, -0.2) is 17.9 Å². The summed E-state index contributed by atoms with van der Waals surface area (Å²) in [4.78, 5) is 14.5. The first-order chi connectivity index (χ1) is 28.2. The molecule has 6 heteroatoms. The molecule has 5 nitrogen and oxygen atoms in total. The van der Waals surface area contributed by atoms with Crippen LogP contribution < -0.4 is 0 Å². The zero-order valence-corrected chi connectivity index (χ0v) is 31.6. The number of nitrogens with one attached hydrogen (secondary N) is 1. The van der Waals surface area contributed by atoms with Gasteiger partial charge in [0.05, 0.1) is 0 Å². The van der Waals surface area contributed by atoms with Gasteiger partial charge in [-0.1, -0.05) is 127 Å². The van der Waals surface area contributed by atoms with Gasteiger partial charge in [0.25, 0.3) is 0 Å². The minimum absolute atomic E-state index is 0.113. The average Bonchev–Trinajstić information content (AvgIpc) is 3.85. The molecule has 0 aliphatic heterocycles. The minimum atomic E-state index is -2.10. The third kappa shape index (κ3) is 6.04. The summed E-state index contributed by atoms with van der Waals surface area (Å²) in [5, 5.41) is 13.7. The number of aliphatic imine (C=N–C) groups is 2. The maximum Gasteiger partial charge on any atom is 0.161 e. The van der Waals surface area contributed by atoms with Crippen molar-refractivity contribution in [1.29, 1.82) is 5.41 Å². The van der Waals surface area contributed by atoms with Crippen molar-refractivity contribution in [3.8, 4) is 0 Å². The van der Waals surface area contributed by atoms with E-state index in [4.69, 9.17) is 18.8 Å². The molecule has 0 saturated carbocycles. The lowest BCUT2D eigenvalue weighted by Crippen LogP contribution is -2.08. The highest BCUT2D eigenvalue weighted by Gasteiger charge is 2.34. The summed E-state index contributed by atoms with van der Waals surface area (Å²) >= 11 is 0. The highest BCUT2D eigenvalue weighted by molar-refractivity contribution is 8.34. The second-order valence-corrected chi connectivity index (χ2v) is 16.9. The fraction of sp³-hybridized carbons (Fsp3) is 0. The number of fused-ring (bicyclic) bond motifs is 6. The summed E-state index contributed by atoms with van der Waals surface area (Å²) in [5.41, 5.74) is 5.74. The molecule has 0 bridgehead atoms. The Hall–Kier alpha value is -7.28. The summed E-state index contributed by atoms with van der Waals surface area (Å²) in [6.07, 6.45) is 1.83. The van der Waals surface area contributed by atoms with Crippen LogP contribution in [0.2, 0.25) is 0 Å². The van der Waals surface area contributed by atoms with Crippen LogP contribution in [0.15, 0.2) is 239 Å². The van der Waals surface area contributed by atoms with Crippen molar-refractivity contribution in [2.45, 2.75) is 19.6 Å². The lowest BCUT2D eigenvalue weighted by molar-refractivity contribution is 0.667. The van der Waals surface area contributed by atoms with Gasteiger partial charge in [0.1, 0.15) is 22.3 Å². The Morgan fingerprint density at radius 3 is 1.70 bits per heavy atom. The molecule has 10 rings (SSSR count). The van der Waals surface area contributed by atoms with Crippen molar-refractivity contribution in [3.05, 3.63) is 217 Å². The molecular weight excluding hydrogens is 719 g/mol. The summed E-state index contributed by atoms with van der Waals surface area (Å²) < 4.78 is 12.6. The molecule has 2 heterocycles. The van der Waals surface area contributed by atoms with Crippen LogP contribution >= 0.6 is 10.0 Å². The molecule has 2 aromatic heterocycles. The van der Waals surface area contributed by atoms with E-state index in [-0.39, 0.29) is 5.84 Å². The van der Waals surface area contributed by atoms with Gasteiger partial charge in [0.2, 0.25) is 0 Å². The first-order valence-corrected chi connectivity index (χ1v) is 20.4. The number of hydrogen-bond acceptors (Lipinski definition) is 3. The molecule has 0 spiro atoms. The lowest BCUT2D eigenvalue weighted by atomic mass is 10.1. The summed E-state index contributed by atoms with van der Waals surface area (Å²) in [7, 11) is -2.10. The van der Waals surface area contributed by atoms with Crippen molar-refractivity contribution in [1.82, 2.24) is 0 Å². The second kappa shape index (κ2) is 14.4. The van der Waals surface area contributed by atoms with Gasteiger partial charge in [0.15, 0.2) is 11.7 Å². The third-order valence-electron chi connectivity index (χ3n) is 10.4. The van der Waals surface area contributed by atoms with E-state index in [0.29, 0.717) is 11.4 Å². The third-order valence-corrected chi connectivity index (χ3v) is 14.2. The second-order valence-electron chi connectivity index (χ2n) is 13.7. The predicted octanol–water partition coefficient (Wildman–Crippen LogP) is 13.7. The number of para-hydroxylation sites is 2. The highest BCUT2D eigenvalue weighted by atomic mass is 32.3. The molecule has 0 atom stereocenters. The largest absolute Gasteiger partial charge is 0.456 e. The fourth-order valence-electron chi connectivity index (χ4n) is 7.76. The van der Waals surface area contributed by atoms with Crippen molar-refractivity contribution in [3.63, 3.8) is 0 Å². The number of benzene rings is 8. The van der Waals surface area contributed by atoms with Crippen LogP contribution in [0.5, 0.6) is 0 Å². The Kier molecular flexibility index (Phi) is 8.66. The molecule has 0 aliphatic carbocycles. The summed E-state index contributed by atoms with van der Waals surface area (Å²) in [5.74, 6) is 0.554. The van der Waals surface area contributed by atoms with Gasteiger partial charge >= 0.3 is 0 Å². The Morgan fingerprint density at radius 1 is 0.439 bits per heavy atom. The van der Waals surface area contributed by atoms with Gasteiger partial charge in [-0.3, -0.25) is 5.41 Å². The lowest BCUT2D eigenvalue weighted by Gasteiger charge is -2.42. The maximum absolute atomic E-state index is 9.51. The zero-order valence-electron chi connectivity index (χ0n) is 30.7. The maximum atomic E-state index is 9.51. The van der Waals surface area contributed by atoms with E-state index >= 15 is 0 Å². The van der Waals surface area contributed by atoms with Gasteiger partial charge in [-0.15, -0.1) is 10.0 Å². The number of hydrogen-bond donors (Lipinski definition) is 1. The standard InChI is InChI=1S/C51H35N3O2S/c52-50(54-51(35-16-4-1-5-17-35)53-34-37-19-15-29-47-49(37)44-26-11-13-28-46(44)55-47)36-18-14-24-40(32-36)57(38-20-6-2-7-21-38,39-22-8-3-9-23-39)41-30-31-43-42-25-10-12-27-45(42)56-48(43)33-41/h1-34,52H. The number of nitrogens with zero attached hydrogens (tertiary/aromatic N) is 2. The molecule has 0 aliphatic rings. The first kappa shape index (κ1) is 34.2. The Morgan fingerprint density at radius 2 is 0.965 bits per heavy atom. The van der Waals surface area contributed by atoms with Crippen molar-refractivity contribution < 1.29 is 8.83 Å². The predicted molar refractivity (Wildman–Crippen MR) is 235 cm³/mol. The molecule has 0 amide bonds. The molecule has 0 fully saturated rings. The number of furan rings is 2. The molecule has 272 valence electrons. The molecule has 57 heavy (non-hydrogen) atoms. The molecule has 8 aromatic carbocycles. The average molecular weight is 754 g/mol. The van der Waals surface area contributed by atoms with Gasteiger partial charge in [-0.05, 0) is 72.8 Å². The first-order valence-electron chi connectivity index (χ1n) is 18.8. The number of amidine groups is 2. The van der Waals surface area contributed by atoms with Crippen molar-refractivity contribution in [2.24, 2.45) is 9.98 Å². The van der Waals surface area contributed by atoms with Gasteiger partial charge in [0, 0.05) is 64.0 Å². The van der Waals surface area contributed by atoms with E-state index < -0.39 is 10.0 Å². The Labute approximate surface area is 331 Å². The van der Waals surface area contributed by atoms with E-state index in [2.05, 4.69) is 103 Å². The van der Waals surface area contributed by atoms with Gasteiger partial charge in [-0.25, -0.2) is 9.98 Å². The van der Waals surface area contributed by atoms with Gasteiger partial charge < -0.3 is 8.83 Å². The SMILES string of the molecule is N=C(N=C(N=Cc1cccc2oc3ccccc3c12)c1ccccc1)c1cccc(S(c2ccccc2)(c2ccccc2)c2ccc3c(c2)oc2ccccc23)c1.